The Balaban J connectivity index is 1.69. The molecule has 2 saturated heterocycles. The number of ether oxygens (including phenoxy) is 1. The summed E-state index contributed by atoms with van der Waals surface area (Å²) < 4.78 is 5.33. The number of piperazine rings is 1. The number of hydrogen-bond donors (Lipinski definition) is 1. The van der Waals surface area contributed by atoms with Crippen molar-refractivity contribution >= 4 is 11.5 Å². The van der Waals surface area contributed by atoms with Crippen LogP contribution in [0.2, 0.25) is 0 Å². The molecule has 2 unspecified atom stereocenters. The summed E-state index contributed by atoms with van der Waals surface area (Å²) in [5, 5.41) is 0. The van der Waals surface area contributed by atoms with Gasteiger partial charge in [0.25, 0.3) is 0 Å². The van der Waals surface area contributed by atoms with E-state index in [4.69, 9.17) is 10.5 Å². The Bertz CT molecular complexity index is 390. The maximum absolute atomic E-state index is 5.61. The van der Waals surface area contributed by atoms with Crippen molar-refractivity contribution < 1.29 is 4.74 Å². The van der Waals surface area contributed by atoms with Gasteiger partial charge in [0.05, 0.1) is 18.5 Å². The third kappa shape index (κ3) is 2.21. The first kappa shape index (κ1) is 10.8. The van der Waals surface area contributed by atoms with Gasteiger partial charge >= 0.3 is 0 Å². The first-order chi connectivity index (χ1) is 8.24. The summed E-state index contributed by atoms with van der Waals surface area (Å²) in [4.78, 5) is 8.94. The van der Waals surface area contributed by atoms with Crippen LogP contribution >= 0.6 is 0 Å². The highest BCUT2D eigenvalue weighted by molar-refractivity contribution is 5.49. The van der Waals surface area contributed by atoms with E-state index < -0.39 is 0 Å². The number of nitrogen functional groups attached to an aromatic ring is 1. The second-order valence-electron chi connectivity index (χ2n) is 4.77. The monoisotopic (exact) mass is 234 g/mol. The van der Waals surface area contributed by atoms with E-state index in [9.17, 15) is 0 Å². The van der Waals surface area contributed by atoms with Crippen LogP contribution in [0.5, 0.6) is 0 Å². The van der Waals surface area contributed by atoms with Crippen molar-refractivity contribution in [3.05, 3.63) is 18.3 Å². The lowest BCUT2D eigenvalue weighted by molar-refractivity contribution is 0.150. The largest absolute Gasteiger partial charge is 0.384 e. The second-order valence-corrected chi connectivity index (χ2v) is 4.77. The molecule has 1 aromatic rings. The van der Waals surface area contributed by atoms with Gasteiger partial charge in [-0.1, -0.05) is 0 Å². The Labute approximate surface area is 101 Å². The van der Waals surface area contributed by atoms with E-state index in [-0.39, 0.29) is 0 Å². The zero-order valence-electron chi connectivity index (χ0n) is 10.0. The van der Waals surface area contributed by atoms with Gasteiger partial charge in [0.2, 0.25) is 0 Å². The Kier molecular flexibility index (Phi) is 2.64. The van der Waals surface area contributed by atoms with Gasteiger partial charge < -0.3 is 15.4 Å². The van der Waals surface area contributed by atoms with Crippen LogP contribution in [0.4, 0.5) is 11.5 Å². The van der Waals surface area contributed by atoms with E-state index in [0.717, 1.165) is 31.9 Å². The Morgan fingerprint density at radius 1 is 1.41 bits per heavy atom. The maximum Gasteiger partial charge on any atom is 0.134 e. The minimum absolute atomic E-state index is 0.379. The average Bonchev–Trinajstić information content (AvgIpc) is 3.14. The highest BCUT2D eigenvalue weighted by Gasteiger charge is 2.35. The van der Waals surface area contributed by atoms with Gasteiger partial charge in [-0.25, -0.2) is 4.98 Å². The van der Waals surface area contributed by atoms with Crippen LogP contribution in [0.1, 0.15) is 6.92 Å². The molecule has 17 heavy (non-hydrogen) atoms. The van der Waals surface area contributed by atoms with Crippen LogP contribution in [-0.2, 0) is 4.74 Å². The van der Waals surface area contributed by atoms with Gasteiger partial charge in [0.15, 0.2) is 0 Å². The number of anilines is 2. The van der Waals surface area contributed by atoms with Crippen molar-refractivity contribution in [2.45, 2.75) is 19.2 Å². The molecule has 0 aliphatic carbocycles. The van der Waals surface area contributed by atoms with Gasteiger partial charge in [0, 0.05) is 25.7 Å². The molecule has 5 heteroatoms. The predicted molar refractivity (Wildman–Crippen MR) is 66.8 cm³/mol. The molecule has 3 rings (SSSR count). The quantitative estimate of drug-likeness (QED) is 0.756. The summed E-state index contributed by atoms with van der Waals surface area (Å²) >= 11 is 0. The Morgan fingerprint density at radius 2 is 2.24 bits per heavy atom. The molecule has 1 aromatic heterocycles. The lowest BCUT2D eigenvalue weighted by Crippen LogP contribution is -2.52. The van der Waals surface area contributed by atoms with Gasteiger partial charge in [-0.05, 0) is 19.1 Å². The molecule has 0 bridgehead atoms. The van der Waals surface area contributed by atoms with E-state index in [1.165, 1.54) is 0 Å². The molecule has 0 radical (unpaired) electrons. The Morgan fingerprint density at radius 3 is 2.82 bits per heavy atom. The van der Waals surface area contributed by atoms with Crippen LogP contribution in [0, 0.1) is 0 Å². The fraction of sp³-hybridized carbons (Fsp3) is 0.583. The number of nitrogens with two attached hydrogens (primary N) is 1. The maximum atomic E-state index is 5.61. The van der Waals surface area contributed by atoms with Crippen molar-refractivity contribution in [1.29, 1.82) is 0 Å². The van der Waals surface area contributed by atoms with Gasteiger partial charge in [0.1, 0.15) is 12.0 Å². The van der Waals surface area contributed by atoms with Crippen molar-refractivity contribution in [3.8, 4) is 0 Å². The fourth-order valence-electron chi connectivity index (χ4n) is 2.45. The summed E-state index contributed by atoms with van der Waals surface area (Å²) in [6, 6.07) is 4.39. The molecule has 92 valence electrons. The summed E-state index contributed by atoms with van der Waals surface area (Å²) in [5.41, 5.74) is 6.76. The van der Waals surface area contributed by atoms with Crippen LogP contribution in [-0.4, -0.2) is 48.4 Å². The predicted octanol–water partition coefficient (Wildman–Crippen LogP) is 0.531. The first-order valence-electron chi connectivity index (χ1n) is 6.08. The lowest BCUT2D eigenvalue weighted by atomic mass is 10.1. The minimum atomic E-state index is 0.379. The van der Waals surface area contributed by atoms with E-state index in [2.05, 4.69) is 21.7 Å². The lowest BCUT2D eigenvalue weighted by Gasteiger charge is -2.40. The molecular formula is C12H18N4O. The molecule has 2 fully saturated rings. The molecule has 3 heterocycles. The van der Waals surface area contributed by atoms with Crippen LogP contribution < -0.4 is 10.6 Å². The summed E-state index contributed by atoms with van der Waals surface area (Å²) in [6.07, 6.45) is 2.24. The summed E-state index contributed by atoms with van der Waals surface area (Å²) in [5.74, 6) is 0.575. The molecule has 0 saturated carbocycles. The number of rotatable bonds is 2. The van der Waals surface area contributed by atoms with Crippen molar-refractivity contribution in [3.63, 3.8) is 0 Å². The standard InChI is InChI=1S/C12H18N4O/c1-9-7-15(12-8-17-12)4-5-16(9)10-2-3-11(13)14-6-10/h2-3,6,9,12H,4-5,7-8H2,1H3,(H2,13,14). The van der Waals surface area contributed by atoms with Crippen LogP contribution in [0.15, 0.2) is 18.3 Å². The molecule has 2 N–H and O–H groups in total. The SMILES string of the molecule is CC1CN(C2CO2)CCN1c1ccc(N)nc1. The number of aromatic nitrogens is 1. The number of pyridine rings is 1. The van der Waals surface area contributed by atoms with Crippen LogP contribution in [0.3, 0.4) is 0 Å². The van der Waals surface area contributed by atoms with Crippen molar-refractivity contribution in [2.75, 3.05) is 36.9 Å². The molecule has 0 amide bonds. The highest BCUT2D eigenvalue weighted by atomic mass is 16.6. The molecule has 0 spiro atoms. The minimum Gasteiger partial charge on any atom is -0.384 e. The topological polar surface area (TPSA) is 57.9 Å². The zero-order chi connectivity index (χ0) is 11.8. The van der Waals surface area contributed by atoms with Gasteiger partial charge in [-0.15, -0.1) is 0 Å². The molecule has 0 aromatic carbocycles. The Hall–Kier alpha value is -1.33. The van der Waals surface area contributed by atoms with Gasteiger partial charge in [-0.2, -0.15) is 0 Å². The van der Waals surface area contributed by atoms with Crippen molar-refractivity contribution in [2.24, 2.45) is 0 Å². The third-order valence-electron chi connectivity index (χ3n) is 3.48. The molecular weight excluding hydrogens is 216 g/mol. The molecule has 2 atom stereocenters. The molecule has 5 nitrogen and oxygen atoms in total. The third-order valence-corrected chi connectivity index (χ3v) is 3.48. The normalized spacial score (nSPS) is 29.4. The second kappa shape index (κ2) is 4.16. The van der Waals surface area contributed by atoms with E-state index in [1.807, 2.05) is 18.3 Å². The van der Waals surface area contributed by atoms with Gasteiger partial charge in [-0.3, -0.25) is 4.90 Å². The van der Waals surface area contributed by atoms with E-state index >= 15 is 0 Å². The molecule has 2 aliphatic rings. The fourth-order valence-corrected chi connectivity index (χ4v) is 2.45. The number of epoxide rings is 1. The molecule has 2 aliphatic heterocycles. The highest BCUT2D eigenvalue weighted by Crippen LogP contribution is 2.24. The number of nitrogens with zero attached hydrogens (tertiary/aromatic N) is 3. The number of hydrogen-bond acceptors (Lipinski definition) is 5. The van der Waals surface area contributed by atoms with E-state index in [0.29, 0.717) is 18.1 Å². The summed E-state index contributed by atoms with van der Waals surface area (Å²) in [6.45, 7) is 6.27. The first-order valence-corrected chi connectivity index (χ1v) is 6.08. The summed E-state index contributed by atoms with van der Waals surface area (Å²) in [7, 11) is 0. The van der Waals surface area contributed by atoms with E-state index in [1.54, 1.807) is 0 Å². The zero-order valence-corrected chi connectivity index (χ0v) is 10.0. The van der Waals surface area contributed by atoms with Crippen LogP contribution in [0.25, 0.3) is 0 Å². The average molecular weight is 234 g/mol. The smallest absolute Gasteiger partial charge is 0.134 e. The van der Waals surface area contributed by atoms with Crippen molar-refractivity contribution in [1.82, 2.24) is 9.88 Å².